The van der Waals surface area contributed by atoms with Crippen LogP contribution in [0.3, 0.4) is 0 Å². The summed E-state index contributed by atoms with van der Waals surface area (Å²) in [6.45, 7) is 2.59. The first-order chi connectivity index (χ1) is 10.3. The van der Waals surface area contributed by atoms with Crippen LogP contribution in [0, 0.1) is 17.4 Å². The lowest BCUT2D eigenvalue weighted by atomic mass is 10.1. The largest absolute Gasteiger partial charge is 0.370 e. The van der Waals surface area contributed by atoms with Gasteiger partial charge in [0.15, 0.2) is 6.19 Å². The minimum atomic E-state index is 0.520. The van der Waals surface area contributed by atoms with Crippen LogP contribution in [-0.4, -0.2) is 29.5 Å². The summed E-state index contributed by atoms with van der Waals surface area (Å²) in [5.41, 5.74) is 2.36. The Labute approximate surface area is 125 Å². The molecule has 2 heterocycles. The van der Waals surface area contributed by atoms with Gasteiger partial charge in [0.2, 0.25) is 0 Å². The van der Waals surface area contributed by atoms with E-state index in [-0.39, 0.29) is 0 Å². The third kappa shape index (κ3) is 3.32. The van der Waals surface area contributed by atoms with Crippen LogP contribution in [0.2, 0.25) is 0 Å². The second kappa shape index (κ2) is 6.27. The molecule has 106 valence electrons. The van der Waals surface area contributed by atoms with Crippen LogP contribution < -0.4 is 5.32 Å². The van der Waals surface area contributed by atoms with Gasteiger partial charge in [-0.05, 0) is 35.6 Å². The first-order valence-corrected chi connectivity index (χ1v) is 7.25. The van der Waals surface area contributed by atoms with Crippen molar-refractivity contribution in [2.45, 2.75) is 6.42 Å². The van der Waals surface area contributed by atoms with Gasteiger partial charge >= 0.3 is 0 Å². The van der Waals surface area contributed by atoms with Crippen molar-refractivity contribution in [3.8, 4) is 17.3 Å². The fraction of sp³-hybridized carbons (Fsp3) is 0.294. The number of pyridine rings is 1. The standard InChI is InChI=1S/C17H18N4/c18-13-21-9-7-14(12-21)11-20-17-10-16(6-8-19-17)15-4-2-1-3-5-15/h1-6,8,10,14H,7,9,11-12H2,(H,19,20). The van der Waals surface area contributed by atoms with E-state index in [1.54, 1.807) is 0 Å². The molecule has 1 unspecified atom stereocenters. The highest BCUT2D eigenvalue weighted by molar-refractivity contribution is 5.66. The average molecular weight is 278 g/mol. The molecule has 1 aromatic carbocycles. The molecule has 1 aromatic heterocycles. The second-order valence-electron chi connectivity index (χ2n) is 5.38. The molecule has 3 rings (SSSR count). The van der Waals surface area contributed by atoms with E-state index in [2.05, 4.69) is 34.7 Å². The normalized spacial score (nSPS) is 17.5. The van der Waals surface area contributed by atoms with Crippen molar-refractivity contribution in [3.05, 3.63) is 48.7 Å². The summed E-state index contributed by atoms with van der Waals surface area (Å²) in [5, 5.41) is 12.3. The van der Waals surface area contributed by atoms with Gasteiger partial charge in [0.25, 0.3) is 0 Å². The molecule has 0 aliphatic carbocycles. The minimum Gasteiger partial charge on any atom is -0.370 e. The van der Waals surface area contributed by atoms with Crippen molar-refractivity contribution in [3.63, 3.8) is 0 Å². The van der Waals surface area contributed by atoms with Gasteiger partial charge in [-0.3, -0.25) is 0 Å². The molecule has 0 radical (unpaired) electrons. The van der Waals surface area contributed by atoms with Crippen LogP contribution in [0.5, 0.6) is 0 Å². The highest BCUT2D eigenvalue weighted by Crippen LogP contribution is 2.21. The molecule has 4 nitrogen and oxygen atoms in total. The van der Waals surface area contributed by atoms with E-state index >= 15 is 0 Å². The van der Waals surface area contributed by atoms with Crippen molar-refractivity contribution < 1.29 is 0 Å². The lowest BCUT2D eigenvalue weighted by molar-refractivity contribution is 0.460. The molecule has 1 aliphatic heterocycles. The van der Waals surface area contributed by atoms with E-state index in [9.17, 15) is 0 Å². The Morgan fingerprint density at radius 1 is 1.24 bits per heavy atom. The van der Waals surface area contributed by atoms with Gasteiger partial charge in [-0.15, -0.1) is 0 Å². The van der Waals surface area contributed by atoms with Crippen molar-refractivity contribution in [1.82, 2.24) is 9.88 Å². The Balaban J connectivity index is 1.63. The van der Waals surface area contributed by atoms with Gasteiger partial charge in [-0.2, -0.15) is 5.26 Å². The van der Waals surface area contributed by atoms with E-state index in [1.165, 1.54) is 5.56 Å². The topological polar surface area (TPSA) is 52.0 Å². The molecule has 1 atom stereocenters. The van der Waals surface area contributed by atoms with Crippen molar-refractivity contribution in [1.29, 1.82) is 5.26 Å². The molecule has 0 spiro atoms. The highest BCUT2D eigenvalue weighted by atomic mass is 15.1. The number of hydrogen-bond donors (Lipinski definition) is 1. The van der Waals surface area contributed by atoms with Gasteiger partial charge in [-0.1, -0.05) is 30.3 Å². The Kier molecular flexibility index (Phi) is 4.02. The van der Waals surface area contributed by atoms with Crippen molar-refractivity contribution in [2.75, 3.05) is 25.0 Å². The van der Waals surface area contributed by atoms with E-state index in [4.69, 9.17) is 5.26 Å². The van der Waals surface area contributed by atoms with Gasteiger partial charge in [-0.25, -0.2) is 4.98 Å². The van der Waals surface area contributed by atoms with Crippen molar-refractivity contribution >= 4 is 5.82 Å². The Morgan fingerprint density at radius 3 is 2.86 bits per heavy atom. The molecular weight excluding hydrogens is 260 g/mol. The number of nitriles is 1. The number of nitrogens with one attached hydrogen (secondary N) is 1. The summed E-state index contributed by atoms with van der Waals surface area (Å²) in [6, 6.07) is 14.4. The SMILES string of the molecule is N#CN1CCC(CNc2cc(-c3ccccc3)ccn2)C1. The Hall–Kier alpha value is -2.54. The number of anilines is 1. The third-order valence-corrected chi connectivity index (χ3v) is 3.87. The summed E-state index contributed by atoms with van der Waals surface area (Å²) in [6.07, 6.45) is 5.12. The number of hydrogen-bond acceptors (Lipinski definition) is 4. The monoisotopic (exact) mass is 278 g/mol. The maximum atomic E-state index is 8.87. The van der Waals surface area contributed by atoms with Gasteiger partial charge in [0.05, 0.1) is 0 Å². The van der Waals surface area contributed by atoms with Gasteiger partial charge < -0.3 is 10.2 Å². The molecule has 1 fully saturated rings. The molecule has 0 amide bonds. The smallest absolute Gasteiger partial charge is 0.179 e. The van der Waals surface area contributed by atoms with E-state index in [1.807, 2.05) is 35.4 Å². The lowest BCUT2D eigenvalue weighted by Gasteiger charge is -2.12. The first kappa shape index (κ1) is 13.4. The summed E-state index contributed by atoms with van der Waals surface area (Å²) in [7, 11) is 0. The molecular formula is C17H18N4. The highest BCUT2D eigenvalue weighted by Gasteiger charge is 2.21. The molecule has 21 heavy (non-hydrogen) atoms. The fourth-order valence-corrected chi connectivity index (χ4v) is 2.68. The van der Waals surface area contributed by atoms with Crippen LogP contribution in [0.15, 0.2) is 48.7 Å². The Bertz CT molecular complexity index is 633. The zero-order chi connectivity index (χ0) is 14.5. The molecule has 1 saturated heterocycles. The maximum absolute atomic E-state index is 8.87. The molecule has 0 saturated carbocycles. The number of aromatic nitrogens is 1. The summed E-state index contributed by atoms with van der Waals surface area (Å²) >= 11 is 0. The van der Waals surface area contributed by atoms with Crippen LogP contribution >= 0.6 is 0 Å². The maximum Gasteiger partial charge on any atom is 0.179 e. The Morgan fingerprint density at radius 2 is 2.10 bits per heavy atom. The summed E-state index contributed by atoms with van der Waals surface area (Å²) < 4.78 is 0. The number of likely N-dealkylation sites (tertiary alicyclic amines) is 1. The van der Waals surface area contributed by atoms with E-state index in [0.29, 0.717) is 5.92 Å². The predicted octanol–water partition coefficient (Wildman–Crippen LogP) is 2.96. The van der Waals surface area contributed by atoms with Crippen LogP contribution in [-0.2, 0) is 0 Å². The molecule has 1 N–H and O–H groups in total. The number of rotatable bonds is 4. The molecule has 1 aliphatic rings. The number of nitrogens with zero attached hydrogens (tertiary/aromatic N) is 3. The van der Waals surface area contributed by atoms with Gasteiger partial charge in [0, 0.05) is 25.8 Å². The van der Waals surface area contributed by atoms with Crippen LogP contribution in [0.1, 0.15) is 6.42 Å². The van der Waals surface area contributed by atoms with E-state index in [0.717, 1.165) is 37.4 Å². The zero-order valence-corrected chi connectivity index (χ0v) is 11.9. The lowest BCUT2D eigenvalue weighted by Crippen LogP contribution is -2.19. The van der Waals surface area contributed by atoms with Crippen molar-refractivity contribution in [2.24, 2.45) is 5.92 Å². The predicted molar refractivity (Wildman–Crippen MR) is 83.5 cm³/mol. The zero-order valence-electron chi connectivity index (χ0n) is 11.9. The molecule has 0 bridgehead atoms. The minimum absolute atomic E-state index is 0.520. The second-order valence-corrected chi connectivity index (χ2v) is 5.38. The first-order valence-electron chi connectivity index (χ1n) is 7.25. The summed E-state index contributed by atoms with van der Waals surface area (Å²) in [4.78, 5) is 6.19. The van der Waals surface area contributed by atoms with Gasteiger partial charge in [0.1, 0.15) is 5.82 Å². The third-order valence-electron chi connectivity index (χ3n) is 3.87. The van der Waals surface area contributed by atoms with E-state index < -0.39 is 0 Å². The average Bonchev–Trinajstić information content (AvgIpc) is 3.02. The van der Waals surface area contributed by atoms with Crippen LogP contribution in [0.4, 0.5) is 5.82 Å². The van der Waals surface area contributed by atoms with Crippen LogP contribution in [0.25, 0.3) is 11.1 Å². The number of benzene rings is 1. The fourth-order valence-electron chi connectivity index (χ4n) is 2.68. The molecule has 4 heteroatoms. The summed E-state index contributed by atoms with van der Waals surface area (Å²) in [5.74, 6) is 1.42. The molecule has 2 aromatic rings. The quantitative estimate of drug-likeness (QED) is 0.874.